The van der Waals surface area contributed by atoms with Gasteiger partial charge in [-0.05, 0) is 25.0 Å². The Hall–Kier alpha value is -2.42. The first-order chi connectivity index (χ1) is 12.9. The molecule has 1 aromatic heterocycles. The summed E-state index contributed by atoms with van der Waals surface area (Å²) in [6, 6.07) is 9.23. The molecule has 1 amide bonds. The molecule has 4 rings (SSSR count). The van der Waals surface area contributed by atoms with Gasteiger partial charge in [0.05, 0.1) is 11.6 Å². The number of aliphatic hydroxyl groups is 1. The minimum atomic E-state index is -4.46. The highest BCUT2D eigenvalue weighted by Gasteiger charge is 2.51. The summed E-state index contributed by atoms with van der Waals surface area (Å²) in [4.78, 5) is 18.2. The lowest BCUT2D eigenvalue weighted by Gasteiger charge is -2.18. The lowest BCUT2D eigenvalue weighted by Crippen LogP contribution is -2.33. The minimum Gasteiger partial charge on any atom is -0.396 e. The molecule has 9 heteroatoms. The third-order valence-electron chi connectivity index (χ3n) is 5.15. The number of nitrogens with zero attached hydrogens (tertiary/aromatic N) is 4. The summed E-state index contributed by atoms with van der Waals surface area (Å²) < 4.78 is 41.1. The molecule has 1 aliphatic heterocycles. The van der Waals surface area contributed by atoms with Crippen LogP contribution in [0.4, 0.5) is 13.2 Å². The van der Waals surface area contributed by atoms with Crippen LogP contribution in [-0.4, -0.2) is 56.6 Å². The van der Waals surface area contributed by atoms with Gasteiger partial charge in [0.1, 0.15) is 5.82 Å². The number of likely N-dealkylation sites (tertiary alicyclic amines) is 1. The van der Waals surface area contributed by atoms with Crippen molar-refractivity contribution in [2.45, 2.75) is 24.9 Å². The maximum absolute atomic E-state index is 13.2. The first-order valence-electron chi connectivity index (χ1n) is 8.87. The minimum absolute atomic E-state index is 0.0970. The van der Waals surface area contributed by atoms with E-state index >= 15 is 0 Å². The summed E-state index contributed by atoms with van der Waals surface area (Å²) in [5, 5.41) is 13.6. The molecule has 1 aliphatic carbocycles. The number of benzene rings is 1. The highest BCUT2D eigenvalue weighted by Crippen LogP contribution is 2.40. The predicted octanol–water partition coefficient (Wildman–Crippen LogP) is 2.39. The van der Waals surface area contributed by atoms with Gasteiger partial charge >= 0.3 is 6.18 Å². The Balaban J connectivity index is 1.61. The standard InChI is InChI=1S/C18H19F3N4O2/c19-18(20,21)14-9-24(8-12(14)10-26)17(27)15-22-16(11-6-7-11)25(23-15)13-4-2-1-3-5-13/h1-5,11-12,14,26H,6-10H2/t12-,14+/m0/s1. The number of rotatable bonds is 4. The number of alkyl halides is 3. The van der Waals surface area contributed by atoms with Crippen molar-refractivity contribution in [3.63, 3.8) is 0 Å². The molecule has 144 valence electrons. The third kappa shape index (κ3) is 3.43. The number of carbonyl (C=O) groups excluding carboxylic acids is 1. The second-order valence-corrected chi connectivity index (χ2v) is 7.12. The maximum Gasteiger partial charge on any atom is 0.393 e. The molecule has 1 N–H and O–H groups in total. The number of carbonyl (C=O) groups is 1. The van der Waals surface area contributed by atoms with Crippen LogP contribution in [0.25, 0.3) is 5.69 Å². The number of hydrogen-bond acceptors (Lipinski definition) is 4. The van der Waals surface area contributed by atoms with E-state index in [4.69, 9.17) is 0 Å². The predicted molar refractivity (Wildman–Crippen MR) is 89.4 cm³/mol. The molecule has 1 saturated heterocycles. The Bertz CT molecular complexity index is 833. The van der Waals surface area contributed by atoms with Crippen LogP contribution in [-0.2, 0) is 0 Å². The van der Waals surface area contributed by atoms with Gasteiger partial charge in [-0.2, -0.15) is 13.2 Å². The molecule has 0 bridgehead atoms. The van der Waals surface area contributed by atoms with Crippen LogP contribution < -0.4 is 0 Å². The fourth-order valence-corrected chi connectivity index (χ4v) is 3.51. The van der Waals surface area contributed by atoms with E-state index in [1.807, 2.05) is 30.3 Å². The summed E-state index contributed by atoms with van der Waals surface area (Å²) >= 11 is 0. The normalized spacial score (nSPS) is 23.0. The molecule has 27 heavy (non-hydrogen) atoms. The molecule has 2 heterocycles. The third-order valence-corrected chi connectivity index (χ3v) is 5.15. The number of halogens is 3. The fourth-order valence-electron chi connectivity index (χ4n) is 3.51. The van der Waals surface area contributed by atoms with Crippen molar-refractivity contribution in [2.24, 2.45) is 11.8 Å². The van der Waals surface area contributed by atoms with Crippen molar-refractivity contribution in [3.05, 3.63) is 42.0 Å². The molecular weight excluding hydrogens is 361 g/mol. The van der Waals surface area contributed by atoms with Gasteiger partial charge in [-0.1, -0.05) is 18.2 Å². The summed E-state index contributed by atoms with van der Waals surface area (Å²) in [6.07, 6.45) is -2.56. The SMILES string of the molecule is O=C(c1nc(C2CC2)n(-c2ccccc2)n1)N1C[C@@H](CO)[C@H](C(F)(F)F)C1. The monoisotopic (exact) mass is 380 g/mol. The van der Waals surface area contributed by atoms with E-state index in [0.717, 1.165) is 23.4 Å². The van der Waals surface area contributed by atoms with Crippen molar-refractivity contribution in [1.29, 1.82) is 0 Å². The molecule has 6 nitrogen and oxygen atoms in total. The van der Waals surface area contributed by atoms with E-state index in [1.165, 1.54) is 0 Å². The molecule has 0 unspecified atom stereocenters. The summed E-state index contributed by atoms with van der Waals surface area (Å²) in [7, 11) is 0. The van der Waals surface area contributed by atoms with Gasteiger partial charge in [0.2, 0.25) is 5.82 Å². The largest absolute Gasteiger partial charge is 0.396 e. The van der Waals surface area contributed by atoms with E-state index in [-0.39, 0.29) is 18.3 Å². The van der Waals surface area contributed by atoms with Gasteiger partial charge in [-0.15, -0.1) is 5.10 Å². The lowest BCUT2D eigenvalue weighted by molar-refractivity contribution is -0.182. The Kier molecular flexibility index (Phi) is 4.41. The van der Waals surface area contributed by atoms with Crippen LogP contribution >= 0.6 is 0 Å². The van der Waals surface area contributed by atoms with Gasteiger partial charge in [-0.25, -0.2) is 9.67 Å². The van der Waals surface area contributed by atoms with Crippen molar-refractivity contribution in [2.75, 3.05) is 19.7 Å². The van der Waals surface area contributed by atoms with Gasteiger partial charge in [-0.3, -0.25) is 4.79 Å². The Morgan fingerprint density at radius 2 is 1.89 bits per heavy atom. The van der Waals surface area contributed by atoms with E-state index in [2.05, 4.69) is 10.1 Å². The number of amides is 1. The van der Waals surface area contributed by atoms with Crippen molar-refractivity contribution < 1.29 is 23.1 Å². The van der Waals surface area contributed by atoms with Crippen molar-refractivity contribution >= 4 is 5.91 Å². The smallest absolute Gasteiger partial charge is 0.393 e. The van der Waals surface area contributed by atoms with E-state index in [0.29, 0.717) is 5.82 Å². The summed E-state index contributed by atoms with van der Waals surface area (Å²) in [5.74, 6) is -2.60. The zero-order valence-corrected chi connectivity index (χ0v) is 14.4. The molecule has 0 spiro atoms. The number of para-hydroxylation sites is 1. The summed E-state index contributed by atoms with van der Waals surface area (Å²) in [5.41, 5.74) is 0.758. The molecular formula is C18H19F3N4O2. The average molecular weight is 380 g/mol. The van der Waals surface area contributed by atoms with Gasteiger partial charge in [0.15, 0.2) is 0 Å². The number of aliphatic hydroxyl groups excluding tert-OH is 1. The first kappa shape index (κ1) is 18.0. The quantitative estimate of drug-likeness (QED) is 0.884. The molecule has 1 aromatic carbocycles. The molecule has 1 saturated carbocycles. The molecule has 2 aromatic rings. The molecule has 0 radical (unpaired) electrons. The Morgan fingerprint density at radius 1 is 1.19 bits per heavy atom. The van der Waals surface area contributed by atoms with Gasteiger partial charge < -0.3 is 10.0 Å². The zero-order valence-electron chi connectivity index (χ0n) is 14.4. The Morgan fingerprint density at radius 3 is 2.44 bits per heavy atom. The maximum atomic E-state index is 13.2. The van der Waals surface area contributed by atoms with Gasteiger partial charge in [0, 0.05) is 31.5 Å². The lowest BCUT2D eigenvalue weighted by atomic mass is 9.97. The molecule has 2 fully saturated rings. The van der Waals surface area contributed by atoms with E-state index in [1.54, 1.807) is 4.68 Å². The van der Waals surface area contributed by atoms with Crippen molar-refractivity contribution in [3.8, 4) is 5.69 Å². The molecule has 2 atom stereocenters. The number of hydrogen-bond donors (Lipinski definition) is 1. The average Bonchev–Trinajstić information content (AvgIpc) is 3.24. The number of aromatic nitrogens is 3. The van der Waals surface area contributed by atoms with E-state index < -0.39 is 37.1 Å². The Labute approximate surface area is 153 Å². The first-order valence-corrected chi connectivity index (χ1v) is 8.87. The van der Waals surface area contributed by atoms with Crippen LogP contribution in [0.2, 0.25) is 0 Å². The second-order valence-electron chi connectivity index (χ2n) is 7.12. The topological polar surface area (TPSA) is 71.2 Å². The van der Waals surface area contributed by atoms with Crippen LogP contribution in [0.5, 0.6) is 0 Å². The van der Waals surface area contributed by atoms with Crippen LogP contribution in [0.1, 0.15) is 35.2 Å². The molecule has 2 aliphatic rings. The van der Waals surface area contributed by atoms with Crippen LogP contribution in [0.15, 0.2) is 30.3 Å². The van der Waals surface area contributed by atoms with Crippen LogP contribution in [0, 0.1) is 11.8 Å². The fraction of sp³-hybridized carbons (Fsp3) is 0.500. The van der Waals surface area contributed by atoms with Crippen molar-refractivity contribution in [1.82, 2.24) is 19.7 Å². The highest BCUT2D eigenvalue weighted by atomic mass is 19.4. The highest BCUT2D eigenvalue weighted by molar-refractivity contribution is 5.90. The van der Waals surface area contributed by atoms with E-state index in [9.17, 15) is 23.1 Å². The van der Waals surface area contributed by atoms with Crippen LogP contribution in [0.3, 0.4) is 0 Å². The summed E-state index contributed by atoms with van der Waals surface area (Å²) in [6.45, 7) is -1.25. The van der Waals surface area contributed by atoms with Gasteiger partial charge in [0.25, 0.3) is 5.91 Å². The second kappa shape index (κ2) is 6.63. The zero-order chi connectivity index (χ0) is 19.2.